The number of ketones is 1. The predicted molar refractivity (Wildman–Crippen MR) is 259 cm³/mol. The van der Waals surface area contributed by atoms with Crippen LogP contribution >= 0.6 is 47.8 Å². The first-order chi connectivity index (χ1) is 28.2. The highest BCUT2D eigenvalue weighted by Crippen LogP contribution is 2.23. The number of aliphatic hydroxyl groups is 2. The lowest BCUT2D eigenvalue weighted by Crippen LogP contribution is -2.35. The fraction of sp³-hybridized carbons (Fsp3) is 0.442. The number of ether oxygens (including phenoxy) is 2. The molecular weight excluding hydrogens is 1010 g/mol. The first kappa shape index (κ1) is 59.0. The highest BCUT2D eigenvalue weighted by Gasteiger charge is 2.29. The molecule has 63 heavy (non-hydrogen) atoms. The lowest BCUT2D eigenvalue weighted by molar-refractivity contribution is 0.0690. The zero-order valence-electron chi connectivity index (χ0n) is 35.3. The van der Waals surface area contributed by atoms with E-state index in [1.807, 2.05) is 53.7 Å². The molecular formula is C43H61BBr3N7O9. The molecule has 20 heteroatoms. The summed E-state index contributed by atoms with van der Waals surface area (Å²) in [6.45, 7) is 16.5. The van der Waals surface area contributed by atoms with Crippen molar-refractivity contribution in [3.63, 3.8) is 0 Å². The number of carbonyl (C=O) groups excluding carboxylic acids is 1. The van der Waals surface area contributed by atoms with E-state index in [2.05, 4.69) is 77.7 Å². The van der Waals surface area contributed by atoms with Gasteiger partial charge in [0, 0.05) is 62.2 Å². The van der Waals surface area contributed by atoms with Crippen molar-refractivity contribution < 1.29 is 44.4 Å². The zero-order valence-corrected chi connectivity index (χ0v) is 40.1. The largest absolute Gasteiger partial charge is 0.490 e. The maximum Gasteiger partial charge on any atom is 0.490 e. The molecule has 4 aromatic rings. The number of nitrogens with two attached hydrogens (primary N) is 1. The number of aromatic nitrogens is 4. The van der Waals surface area contributed by atoms with Crippen molar-refractivity contribution in [2.75, 3.05) is 26.4 Å². The molecule has 2 aliphatic rings. The van der Waals surface area contributed by atoms with Crippen LogP contribution in [0, 0.1) is 5.41 Å². The molecule has 0 atom stereocenters. The summed E-state index contributed by atoms with van der Waals surface area (Å²) in [4.78, 5) is 46.7. The summed E-state index contributed by atoms with van der Waals surface area (Å²) in [6.07, 6.45) is 6.49. The number of aliphatic imine (C=N–C) groups is 2. The van der Waals surface area contributed by atoms with Crippen molar-refractivity contribution in [2.45, 2.75) is 93.3 Å². The van der Waals surface area contributed by atoms with Gasteiger partial charge in [-0.15, -0.1) is 0 Å². The highest BCUT2D eigenvalue weighted by atomic mass is 79.9. The molecule has 0 spiro atoms. The summed E-state index contributed by atoms with van der Waals surface area (Å²) in [5.74, 6) is 0.0977. The smallest absolute Gasteiger partial charge is 0.477 e. The molecule has 4 aromatic heterocycles. The molecule has 0 aromatic carbocycles. The van der Waals surface area contributed by atoms with Gasteiger partial charge in [0.1, 0.15) is 36.0 Å². The Morgan fingerprint density at radius 2 is 1.08 bits per heavy atom. The van der Waals surface area contributed by atoms with E-state index in [1.54, 1.807) is 56.6 Å². The van der Waals surface area contributed by atoms with Crippen LogP contribution in [-0.4, -0.2) is 119 Å². The van der Waals surface area contributed by atoms with Crippen LogP contribution < -0.4 is 11.2 Å². The van der Waals surface area contributed by atoms with Crippen molar-refractivity contribution in [1.82, 2.24) is 19.9 Å². The number of nitrogens with zero attached hydrogens (tertiary/aromatic N) is 6. The number of hydrogen-bond acceptors (Lipinski definition) is 15. The van der Waals surface area contributed by atoms with Crippen LogP contribution in [0.2, 0.25) is 0 Å². The van der Waals surface area contributed by atoms with Crippen LogP contribution in [0.15, 0.2) is 96.7 Å². The Kier molecular flexibility index (Phi) is 25.0. The van der Waals surface area contributed by atoms with Gasteiger partial charge in [0.25, 0.3) is 0 Å². The summed E-state index contributed by atoms with van der Waals surface area (Å²) in [5, 5.41) is 43.6. The normalized spacial score (nSPS) is 14.1. The van der Waals surface area contributed by atoms with Crippen LogP contribution in [-0.2, 0) is 9.47 Å². The molecule has 0 unspecified atom stereocenters. The molecule has 0 saturated carbocycles. The lowest BCUT2D eigenvalue weighted by atomic mass is 9.82. The van der Waals surface area contributed by atoms with Crippen LogP contribution in [0.25, 0.3) is 0 Å². The average Bonchev–Trinajstić information content (AvgIpc) is 3.76. The monoisotopic (exact) mass is 1070 g/mol. The number of carbonyl (C=O) groups is 2. The van der Waals surface area contributed by atoms with Gasteiger partial charge in [0.15, 0.2) is 5.78 Å². The molecule has 0 bridgehead atoms. The molecule has 6 heterocycles. The van der Waals surface area contributed by atoms with Crippen LogP contribution in [0.5, 0.6) is 0 Å². The third-order valence-corrected chi connectivity index (χ3v) is 9.02. The number of pyridine rings is 4. The minimum Gasteiger partial charge on any atom is -0.477 e. The number of hydrogen-bond donors (Lipinski definition) is 6. The Labute approximate surface area is 396 Å². The summed E-state index contributed by atoms with van der Waals surface area (Å²) in [7, 11) is -1.50. The Hall–Kier alpha value is -4.02. The third-order valence-electron chi connectivity index (χ3n) is 7.62. The van der Waals surface area contributed by atoms with Gasteiger partial charge < -0.3 is 40.6 Å². The Morgan fingerprint density at radius 1 is 0.683 bits per heavy atom. The molecule has 0 fully saturated rings. The molecule has 6 rings (SSSR count). The van der Waals surface area contributed by atoms with Gasteiger partial charge in [0.05, 0.1) is 17.7 Å². The van der Waals surface area contributed by atoms with Gasteiger partial charge >= 0.3 is 13.1 Å². The van der Waals surface area contributed by atoms with Crippen LogP contribution in [0.3, 0.4) is 0 Å². The van der Waals surface area contributed by atoms with E-state index < -0.39 is 18.6 Å². The minimum absolute atomic E-state index is 0. The Balaban J connectivity index is 0.000000779. The molecule has 16 nitrogen and oxygen atoms in total. The standard InChI is InChI=1S/C11H14BrNO2.C10H13BN2O3.C10H11BrN2O.C6H4BrNO2.C4H11NO.2CH4/c1-11(2,7-14)5-10(15)9-4-3-8(12)6-13-9;1-10(2)6-16-9(13-10)8-4-3-7(5-12-8)11(14)15;1-10(2)6-14-9(13-10)8-4-3-7(11)5-12-8;7-4-1-2-5(6(9)10)8-3-4;1-4(2,5)3-6;;/h3-4,6,14H,5,7H2,1-2H3;3-5,14-15H,6H2,1-2H3;3-5H,6H2,1-2H3;1-3H,(H,9,10);6H,3,5H2,1-2H3;2*1H4. The Bertz CT molecular complexity index is 2060. The molecule has 0 radical (unpaired) electrons. The maximum absolute atomic E-state index is 11.7. The van der Waals surface area contributed by atoms with Crippen molar-refractivity contribution in [3.8, 4) is 0 Å². The second kappa shape index (κ2) is 26.7. The third kappa shape index (κ3) is 23.0. The van der Waals surface area contributed by atoms with E-state index in [4.69, 9.17) is 40.6 Å². The lowest BCUT2D eigenvalue weighted by Gasteiger charge is -2.19. The number of aromatic carboxylic acids is 1. The Morgan fingerprint density at radius 3 is 1.37 bits per heavy atom. The zero-order chi connectivity index (χ0) is 46.2. The van der Waals surface area contributed by atoms with E-state index in [0.717, 1.165) is 19.1 Å². The average molecular weight is 1070 g/mol. The first-order valence-electron chi connectivity index (χ1n) is 18.7. The van der Waals surface area contributed by atoms with E-state index in [1.165, 1.54) is 18.5 Å². The molecule has 2 aliphatic heterocycles. The fourth-order valence-corrected chi connectivity index (χ4v) is 4.95. The van der Waals surface area contributed by atoms with Gasteiger partial charge in [-0.2, -0.15) is 0 Å². The quantitative estimate of drug-likeness (QED) is 0.0755. The fourth-order valence-electron chi connectivity index (χ4n) is 4.24. The number of halogens is 3. The molecule has 0 amide bonds. The summed E-state index contributed by atoms with van der Waals surface area (Å²) in [6, 6.07) is 13.6. The minimum atomic E-state index is -1.50. The number of aliphatic hydroxyl groups excluding tert-OH is 2. The maximum atomic E-state index is 11.7. The second-order valence-corrected chi connectivity index (χ2v) is 19.1. The first-order valence-corrected chi connectivity index (χ1v) is 21.0. The number of carboxylic acid groups (broad SMARTS) is 1. The van der Waals surface area contributed by atoms with Crippen molar-refractivity contribution in [3.05, 3.63) is 110 Å². The second-order valence-electron chi connectivity index (χ2n) is 16.3. The summed E-state index contributed by atoms with van der Waals surface area (Å²) in [5.41, 5.74) is 6.41. The van der Waals surface area contributed by atoms with E-state index in [0.29, 0.717) is 48.3 Å². The molecule has 7 N–H and O–H groups in total. The van der Waals surface area contributed by atoms with Crippen molar-refractivity contribution in [1.29, 1.82) is 0 Å². The van der Waals surface area contributed by atoms with Gasteiger partial charge in [-0.1, -0.05) is 34.8 Å². The van der Waals surface area contributed by atoms with Gasteiger partial charge in [-0.05, 0) is 137 Å². The van der Waals surface area contributed by atoms with Gasteiger partial charge in [0.2, 0.25) is 11.8 Å². The summed E-state index contributed by atoms with van der Waals surface area (Å²) >= 11 is 9.73. The SMILES string of the molecule is C.C.CC(C)(CO)CC(=O)c1ccc(Br)cn1.CC(C)(N)CO.CC1(C)COC(c2ccc(B(O)O)cn2)=N1.CC1(C)COC(c2ccc(Br)cn2)=N1.O=C(O)c1ccc(Br)cn1. The number of carboxylic acids is 1. The topological polar surface area (TPSA) is 256 Å². The van der Waals surface area contributed by atoms with E-state index in [9.17, 15) is 9.59 Å². The predicted octanol–water partition coefficient (Wildman–Crippen LogP) is 6.68. The van der Waals surface area contributed by atoms with Gasteiger partial charge in [-0.3, -0.25) is 19.7 Å². The molecule has 0 aliphatic carbocycles. The number of Topliss-reactive ketones (excluding diaryl/α,β-unsaturated/α-hetero) is 1. The molecule has 0 saturated heterocycles. The van der Waals surface area contributed by atoms with Crippen LogP contribution in [0.1, 0.15) is 109 Å². The van der Waals surface area contributed by atoms with E-state index in [-0.39, 0.29) is 56.0 Å². The number of rotatable bonds is 9. The molecule has 346 valence electrons. The van der Waals surface area contributed by atoms with Crippen molar-refractivity contribution in [2.24, 2.45) is 21.1 Å². The highest BCUT2D eigenvalue weighted by molar-refractivity contribution is 9.11. The van der Waals surface area contributed by atoms with E-state index >= 15 is 0 Å². The van der Waals surface area contributed by atoms with Gasteiger partial charge in [-0.25, -0.2) is 19.8 Å². The van der Waals surface area contributed by atoms with Crippen molar-refractivity contribution >= 4 is 83.9 Å². The summed E-state index contributed by atoms with van der Waals surface area (Å²) < 4.78 is 13.5. The van der Waals surface area contributed by atoms with Crippen LogP contribution in [0.4, 0.5) is 0 Å².